The molecule has 1 aromatic heterocycles. The van der Waals surface area contributed by atoms with Gasteiger partial charge in [0, 0.05) is 0 Å². The van der Waals surface area contributed by atoms with E-state index in [1.807, 2.05) is 0 Å². The maximum absolute atomic E-state index is 4.27. The Morgan fingerprint density at radius 1 is 1.60 bits per heavy atom. The number of hydrogen-bond acceptors (Lipinski definition) is 3. The van der Waals surface area contributed by atoms with Gasteiger partial charge in [-0.2, -0.15) is 0 Å². The Balaban J connectivity index is 2.90. The molecule has 0 amide bonds. The van der Waals surface area contributed by atoms with Gasteiger partial charge in [0.25, 0.3) is 0 Å². The fraction of sp³-hybridized carbons (Fsp3) is 0. The molecule has 0 saturated heterocycles. The van der Waals surface area contributed by atoms with Crippen LogP contribution in [0.25, 0.3) is 8.96 Å². The molecule has 1 aliphatic rings. The van der Waals surface area contributed by atoms with Gasteiger partial charge in [0.2, 0.25) is 0 Å². The monoisotopic (exact) mass is 243 g/mol. The van der Waals surface area contributed by atoms with Crippen LogP contribution in [0.15, 0.2) is 4.34 Å². The second kappa shape index (κ2) is 2.97. The predicted molar refractivity (Wildman–Crippen MR) is 43.6 cm³/mol. The van der Waals surface area contributed by atoms with Crippen molar-refractivity contribution in [1.82, 2.24) is 4.98 Å². The van der Waals surface area contributed by atoms with E-state index in [4.69, 9.17) is 0 Å². The van der Waals surface area contributed by atoms with Crippen LogP contribution in [0.3, 0.4) is 0 Å². The molecule has 0 aromatic carbocycles. The molecule has 10 heavy (non-hydrogen) atoms. The van der Waals surface area contributed by atoms with Crippen LogP contribution in [0.1, 0.15) is 0 Å². The van der Waals surface area contributed by atoms with Crippen molar-refractivity contribution in [2.45, 2.75) is 4.34 Å². The first kappa shape index (κ1) is 7.35. The molecule has 2 rings (SSSR count). The number of hydrogen-bond donors (Lipinski definition) is 1. The van der Waals surface area contributed by atoms with E-state index in [1.165, 1.54) is 9.88 Å². The van der Waals surface area contributed by atoms with Crippen LogP contribution in [0, 0.1) is 0 Å². The van der Waals surface area contributed by atoms with E-state index in [-0.39, 0.29) is 0 Å². The third-order valence-electron chi connectivity index (χ3n) is 1.28. The molecule has 4 heteroatoms. The molecule has 0 unspecified atom stereocenters. The summed E-state index contributed by atoms with van der Waals surface area (Å²) in [5, 5.41) is 1.18. The number of rotatable bonds is 0. The van der Waals surface area contributed by atoms with E-state index < -0.39 is 28.7 Å². The Bertz CT molecular complexity index is 355. The predicted octanol–water partition coefficient (Wildman–Crippen LogP) is -0.151. The van der Waals surface area contributed by atoms with E-state index >= 15 is 0 Å². The van der Waals surface area contributed by atoms with Crippen LogP contribution >= 0.6 is 24.0 Å². The second-order valence-electron chi connectivity index (χ2n) is 1.96. The summed E-state index contributed by atoms with van der Waals surface area (Å²) in [5.74, 6) is 0. The number of thiol groups is 1. The number of nitrogens with zero attached hydrogens (tertiary/aromatic N) is 1. The van der Waals surface area contributed by atoms with Gasteiger partial charge in [-0.05, 0) is 0 Å². The standard InChI is InChI=1S/C6H4NS2.Y/c1-3-5-4(2)7-6(8)9-5;/h1-3H,(H,7,8);. The molecule has 2 heterocycles. The van der Waals surface area contributed by atoms with Crippen LogP contribution in [-0.2, 0) is 28.7 Å². The van der Waals surface area contributed by atoms with E-state index in [1.54, 1.807) is 11.3 Å². The quantitative estimate of drug-likeness (QED) is 0.625. The molecule has 0 saturated carbocycles. The number of aromatic nitrogens is 1. The normalized spacial score (nSPS) is 12.9. The van der Waals surface area contributed by atoms with E-state index in [2.05, 4.69) is 29.4 Å². The van der Waals surface area contributed by atoms with Gasteiger partial charge in [-0.1, -0.05) is 0 Å². The van der Waals surface area contributed by atoms with Crippen molar-refractivity contribution in [2.75, 3.05) is 0 Å². The van der Waals surface area contributed by atoms with Crippen molar-refractivity contribution in [3.05, 3.63) is 9.88 Å². The van der Waals surface area contributed by atoms with Gasteiger partial charge in [-0.15, -0.1) is 0 Å². The SMILES string of the molecule is Sc1nc2c(s1)=C[CH]=[Y][CH]=2. The van der Waals surface area contributed by atoms with Crippen molar-refractivity contribution < 1.29 is 28.7 Å². The van der Waals surface area contributed by atoms with Gasteiger partial charge in [-0.25, -0.2) is 0 Å². The van der Waals surface area contributed by atoms with Gasteiger partial charge < -0.3 is 0 Å². The molecular formula is C6H4NS2Y. The number of fused-ring (bicyclic) bond motifs is 1. The minimum absolute atomic E-state index is 0.482. The fourth-order valence-electron chi connectivity index (χ4n) is 0.860. The fourth-order valence-corrected chi connectivity index (χ4v) is 4.70. The van der Waals surface area contributed by atoms with E-state index in [0.717, 1.165) is 4.34 Å². The molecule has 0 N–H and O–H groups in total. The third kappa shape index (κ3) is 1.33. The maximum atomic E-state index is 4.27. The summed E-state index contributed by atoms with van der Waals surface area (Å²) < 4.78 is 6.79. The first-order valence-electron chi connectivity index (χ1n) is 2.91. The minimum atomic E-state index is -0.482. The van der Waals surface area contributed by atoms with Crippen LogP contribution < -0.4 is 9.88 Å². The molecule has 1 nitrogen and oxygen atoms in total. The summed E-state index contributed by atoms with van der Waals surface area (Å²) >= 11 is 5.36. The Kier molecular flexibility index (Phi) is 2.19. The topological polar surface area (TPSA) is 12.9 Å². The zero-order valence-corrected chi connectivity index (χ0v) is 9.66. The molecule has 0 bridgehead atoms. The summed E-state index contributed by atoms with van der Waals surface area (Å²) in [4.78, 5) is 4.27. The zero-order chi connectivity index (χ0) is 6.97. The zero-order valence-electron chi connectivity index (χ0n) is 5.11. The van der Waals surface area contributed by atoms with Gasteiger partial charge in [0.05, 0.1) is 0 Å². The molecule has 0 atom stereocenters. The molecule has 48 valence electrons. The van der Waals surface area contributed by atoms with Gasteiger partial charge in [0.15, 0.2) is 0 Å². The molecule has 0 spiro atoms. The Morgan fingerprint density at radius 2 is 2.50 bits per heavy atom. The molecular weight excluding hydrogens is 239 g/mol. The first-order valence-corrected chi connectivity index (χ1v) is 7.45. The van der Waals surface area contributed by atoms with Crippen molar-refractivity contribution in [3.63, 3.8) is 0 Å². The van der Waals surface area contributed by atoms with E-state index in [9.17, 15) is 0 Å². The van der Waals surface area contributed by atoms with Crippen LogP contribution in [-0.4, -0.2) is 7.79 Å². The van der Waals surface area contributed by atoms with Crippen LogP contribution in [0.5, 0.6) is 0 Å². The van der Waals surface area contributed by atoms with Crippen molar-refractivity contribution in [3.8, 4) is 0 Å². The average Bonchev–Trinajstić information content (AvgIpc) is 2.27. The Hall–Kier alpha value is 0.694. The summed E-state index contributed by atoms with van der Waals surface area (Å²) in [5.41, 5.74) is 0. The summed E-state index contributed by atoms with van der Waals surface area (Å²) in [7, 11) is 0. The van der Waals surface area contributed by atoms with Gasteiger partial charge >= 0.3 is 83.6 Å². The summed E-state index contributed by atoms with van der Waals surface area (Å²) in [6, 6.07) is 0. The van der Waals surface area contributed by atoms with Crippen molar-refractivity contribution in [1.29, 1.82) is 0 Å². The molecule has 0 radical (unpaired) electrons. The number of thiazole rings is 1. The van der Waals surface area contributed by atoms with Crippen LogP contribution in [0.4, 0.5) is 0 Å². The second-order valence-corrected chi connectivity index (χ2v) is 6.43. The molecule has 1 aromatic rings. The van der Waals surface area contributed by atoms with Gasteiger partial charge in [-0.3, -0.25) is 0 Å². The molecule has 0 fully saturated rings. The Labute approximate surface area is 82.7 Å². The first-order chi connectivity index (χ1) is 4.86. The third-order valence-corrected chi connectivity index (χ3v) is 4.76. The van der Waals surface area contributed by atoms with Gasteiger partial charge in [0.1, 0.15) is 0 Å². The average molecular weight is 243 g/mol. The Morgan fingerprint density at radius 3 is 3.30 bits per heavy atom. The van der Waals surface area contributed by atoms with Crippen molar-refractivity contribution in [2.24, 2.45) is 0 Å². The van der Waals surface area contributed by atoms with E-state index in [0.29, 0.717) is 0 Å². The molecule has 0 aliphatic carbocycles. The molecule has 1 aliphatic heterocycles. The summed E-state index contributed by atoms with van der Waals surface area (Å²) in [6.07, 6.45) is 2.19. The van der Waals surface area contributed by atoms with Crippen LogP contribution in [0.2, 0.25) is 0 Å². The van der Waals surface area contributed by atoms with Crippen molar-refractivity contribution >= 4 is 35.7 Å². The summed E-state index contributed by atoms with van der Waals surface area (Å²) in [6.45, 7) is 0.